The Labute approximate surface area is 412 Å². The zero-order valence-corrected chi connectivity index (χ0v) is 43.1. The summed E-state index contributed by atoms with van der Waals surface area (Å²) in [6.45, 7) is 6.44. The fourth-order valence-electron chi connectivity index (χ4n) is 6.81. The first-order valence-corrected chi connectivity index (χ1v) is 27.0. The highest BCUT2D eigenvalue weighted by molar-refractivity contribution is 5.71. The van der Waals surface area contributed by atoms with E-state index >= 15 is 0 Å². The van der Waals surface area contributed by atoms with Gasteiger partial charge in [0.1, 0.15) is 13.2 Å². The van der Waals surface area contributed by atoms with Crippen molar-refractivity contribution in [1.82, 2.24) is 0 Å². The molecule has 0 heterocycles. The van der Waals surface area contributed by atoms with E-state index in [9.17, 15) is 14.4 Å². The van der Waals surface area contributed by atoms with Crippen LogP contribution < -0.4 is 0 Å². The summed E-state index contributed by atoms with van der Waals surface area (Å²) in [5, 5.41) is 0. The molecule has 0 aromatic carbocycles. The van der Waals surface area contributed by atoms with E-state index in [-0.39, 0.29) is 50.4 Å². The molecule has 1 atom stereocenters. The fraction of sp³-hybridized carbons (Fsp3) is 0.623. The number of ether oxygens (including phenoxy) is 3. The fourth-order valence-corrected chi connectivity index (χ4v) is 6.81. The summed E-state index contributed by atoms with van der Waals surface area (Å²) in [6, 6.07) is 0. The molecule has 0 saturated heterocycles. The molecular weight excluding hydrogens is 829 g/mol. The van der Waals surface area contributed by atoms with Gasteiger partial charge in [-0.15, -0.1) is 0 Å². The first-order chi connectivity index (χ1) is 33.0. The number of esters is 3. The van der Waals surface area contributed by atoms with Crippen molar-refractivity contribution in [2.75, 3.05) is 13.2 Å². The lowest BCUT2D eigenvalue weighted by Gasteiger charge is -2.18. The molecule has 0 fully saturated rings. The van der Waals surface area contributed by atoms with E-state index in [0.29, 0.717) is 19.3 Å². The zero-order valence-electron chi connectivity index (χ0n) is 43.1. The van der Waals surface area contributed by atoms with Crippen molar-refractivity contribution in [3.8, 4) is 0 Å². The van der Waals surface area contributed by atoms with Gasteiger partial charge < -0.3 is 14.2 Å². The second kappa shape index (κ2) is 54.4. The maximum Gasteiger partial charge on any atom is 0.306 e. The van der Waals surface area contributed by atoms with E-state index in [1.807, 2.05) is 0 Å². The van der Waals surface area contributed by atoms with Crippen molar-refractivity contribution in [1.29, 1.82) is 0 Å². The molecule has 0 aliphatic rings. The van der Waals surface area contributed by atoms with Crippen LogP contribution in [0.3, 0.4) is 0 Å². The molecule has 0 unspecified atom stereocenters. The standard InChI is InChI=1S/C61H98O6/c1-4-7-10-13-16-19-22-25-28-30-33-36-39-42-45-48-51-54-60(63)66-57-58(56-65-59(62)53-50-47-44-41-38-35-32-27-24-21-18-15-12-9-6-3)67-61(64)55-52-49-46-43-40-37-34-31-29-26-23-20-17-14-11-8-5-2/h16,18-19,21,25-29,32-34,36-38,41-43,45-46,58H,4-15,17,20,22-24,30-31,35,39-40,44,47-57H2,1-3H3/b19-16-,21-18-,28-25-,29-26-,32-27-,36-33-,37-34-,41-38-,45-42-,46-43-/t58-/m0/s1. The summed E-state index contributed by atoms with van der Waals surface area (Å²) < 4.78 is 16.7. The Morgan fingerprint density at radius 3 is 0.925 bits per heavy atom. The van der Waals surface area contributed by atoms with Gasteiger partial charge in [0, 0.05) is 19.3 Å². The highest BCUT2D eigenvalue weighted by Gasteiger charge is 2.19. The van der Waals surface area contributed by atoms with Crippen LogP contribution >= 0.6 is 0 Å². The molecule has 0 aliphatic carbocycles. The van der Waals surface area contributed by atoms with Crippen molar-refractivity contribution >= 4 is 17.9 Å². The molecule has 378 valence electrons. The number of hydrogen-bond donors (Lipinski definition) is 0. The SMILES string of the molecule is CCCCC/C=C\C/C=C\C/C=C\C/C=C\CCCC(=O)OC[C@H](COC(=O)CCCC/C=C\C/C=C\C/C=C\CCCCC)OC(=O)CCC/C=C\C/C=C\C/C=C\CCCCCCCC. The number of unbranched alkanes of at least 4 members (excludes halogenated alkanes) is 16. The van der Waals surface area contributed by atoms with Crippen LogP contribution in [0.5, 0.6) is 0 Å². The van der Waals surface area contributed by atoms with Crippen molar-refractivity contribution < 1.29 is 28.6 Å². The number of carbonyl (C=O) groups excluding carboxylic acids is 3. The third-order valence-corrected chi connectivity index (χ3v) is 10.9. The third-order valence-electron chi connectivity index (χ3n) is 10.9. The summed E-state index contributed by atoms with van der Waals surface area (Å²) in [4.78, 5) is 38.0. The van der Waals surface area contributed by atoms with Gasteiger partial charge in [-0.25, -0.2) is 0 Å². The lowest BCUT2D eigenvalue weighted by atomic mass is 10.1. The average Bonchev–Trinajstić information content (AvgIpc) is 3.33. The van der Waals surface area contributed by atoms with Crippen molar-refractivity contribution in [2.45, 2.75) is 232 Å². The largest absolute Gasteiger partial charge is 0.462 e. The van der Waals surface area contributed by atoms with Gasteiger partial charge in [0.15, 0.2) is 6.10 Å². The molecule has 6 nitrogen and oxygen atoms in total. The summed E-state index contributed by atoms with van der Waals surface area (Å²) in [5.74, 6) is -1.09. The smallest absolute Gasteiger partial charge is 0.306 e. The molecule has 0 aromatic heterocycles. The second-order valence-electron chi connectivity index (χ2n) is 17.4. The molecule has 0 rings (SSSR count). The average molecular weight is 927 g/mol. The Kier molecular flexibility index (Phi) is 51.0. The van der Waals surface area contributed by atoms with E-state index in [1.54, 1.807) is 0 Å². The van der Waals surface area contributed by atoms with Crippen LogP contribution in [0.4, 0.5) is 0 Å². The monoisotopic (exact) mass is 927 g/mol. The highest BCUT2D eigenvalue weighted by Crippen LogP contribution is 2.10. The number of hydrogen-bond acceptors (Lipinski definition) is 6. The molecule has 0 N–H and O–H groups in total. The van der Waals surface area contributed by atoms with Crippen LogP contribution in [0.2, 0.25) is 0 Å². The van der Waals surface area contributed by atoms with E-state index in [0.717, 1.165) is 70.6 Å². The molecule has 0 bridgehead atoms. The lowest BCUT2D eigenvalue weighted by Crippen LogP contribution is -2.30. The molecule has 0 spiro atoms. The predicted octanol–water partition coefficient (Wildman–Crippen LogP) is 18.1. The topological polar surface area (TPSA) is 78.9 Å². The lowest BCUT2D eigenvalue weighted by molar-refractivity contribution is -0.167. The van der Waals surface area contributed by atoms with E-state index in [2.05, 4.69) is 142 Å². The quantitative estimate of drug-likeness (QED) is 0.0262. The van der Waals surface area contributed by atoms with E-state index in [4.69, 9.17) is 14.2 Å². The van der Waals surface area contributed by atoms with E-state index < -0.39 is 6.10 Å². The first-order valence-electron chi connectivity index (χ1n) is 27.0. The van der Waals surface area contributed by atoms with Crippen LogP contribution in [0.25, 0.3) is 0 Å². The van der Waals surface area contributed by atoms with Gasteiger partial charge >= 0.3 is 17.9 Å². The number of carbonyl (C=O) groups is 3. The minimum Gasteiger partial charge on any atom is -0.462 e. The van der Waals surface area contributed by atoms with Gasteiger partial charge in [0.2, 0.25) is 0 Å². The van der Waals surface area contributed by atoms with Gasteiger partial charge in [-0.2, -0.15) is 0 Å². The van der Waals surface area contributed by atoms with Gasteiger partial charge in [0.05, 0.1) is 0 Å². The van der Waals surface area contributed by atoms with Crippen LogP contribution in [-0.4, -0.2) is 37.2 Å². The van der Waals surface area contributed by atoms with Crippen LogP contribution in [0.1, 0.15) is 226 Å². The summed E-state index contributed by atoms with van der Waals surface area (Å²) in [7, 11) is 0. The Balaban J connectivity index is 4.63. The molecule has 0 radical (unpaired) electrons. The van der Waals surface area contributed by atoms with Crippen molar-refractivity contribution in [3.63, 3.8) is 0 Å². The predicted molar refractivity (Wildman–Crippen MR) is 288 cm³/mol. The molecule has 0 amide bonds. The summed E-state index contributed by atoms with van der Waals surface area (Å²) in [5.41, 5.74) is 0. The molecule has 0 saturated carbocycles. The maximum atomic E-state index is 12.8. The normalized spacial score (nSPS) is 13.1. The van der Waals surface area contributed by atoms with Gasteiger partial charge in [0.25, 0.3) is 0 Å². The molecule has 67 heavy (non-hydrogen) atoms. The van der Waals surface area contributed by atoms with Gasteiger partial charge in [-0.1, -0.05) is 200 Å². The zero-order chi connectivity index (χ0) is 48.6. The summed E-state index contributed by atoms with van der Waals surface area (Å²) in [6.07, 6.45) is 74.8. The Morgan fingerprint density at radius 1 is 0.299 bits per heavy atom. The van der Waals surface area contributed by atoms with Crippen molar-refractivity contribution in [3.05, 3.63) is 122 Å². The second-order valence-corrected chi connectivity index (χ2v) is 17.4. The van der Waals surface area contributed by atoms with Gasteiger partial charge in [-0.3, -0.25) is 14.4 Å². The third kappa shape index (κ3) is 52.6. The minimum absolute atomic E-state index is 0.138. The Morgan fingerprint density at radius 2 is 0.552 bits per heavy atom. The Bertz CT molecular complexity index is 1440. The molecule has 6 heteroatoms. The molecule has 0 aliphatic heterocycles. The highest BCUT2D eigenvalue weighted by atomic mass is 16.6. The van der Waals surface area contributed by atoms with E-state index in [1.165, 1.54) is 96.3 Å². The van der Waals surface area contributed by atoms with Crippen molar-refractivity contribution in [2.24, 2.45) is 0 Å². The minimum atomic E-state index is -0.845. The van der Waals surface area contributed by atoms with Crippen LogP contribution in [0.15, 0.2) is 122 Å². The van der Waals surface area contributed by atoms with Gasteiger partial charge in [-0.05, 0) is 128 Å². The molecular formula is C61H98O6. The molecule has 0 aromatic rings. The number of rotatable bonds is 47. The van der Waals surface area contributed by atoms with Crippen LogP contribution in [-0.2, 0) is 28.6 Å². The number of allylic oxidation sites excluding steroid dienone is 20. The summed E-state index contributed by atoms with van der Waals surface area (Å²) >= 11 is 0. The maximum absolute atomic E-state index is 12.8. The Hall–Kier alpha value is -4.19. The van der Waals surface area contributed by atoms with Crippen LogP contribution in [0, 0.1) is 0 Å². The first kappa shape index (κ1) is 62.8.